The molecule has 0 fully saturated rings. The second-order valence-electron chi connectivity index (χ2n) is 9.10. The number of aryl methyl sites for hydroxylation is 2. The zero-order valence-corrected chi connectivity index (χ0v) is 19.6. The van der Waals surface area contributed by atoms with E-state index in [0.29, 0.717) is 18.0 Å². The van der Waals surface area contributed by atoms with Gasteiger partial charge in [0.1, 0.15) is 5.58 Å². The molecule has 5 nitrogen and oxygen atoms in total. The summed E-state index contributed by atoms with van der Waals surface area (Å²) < 4.78 is 8.27. The Labute approximate surface area is 195 Å². The number of benzene rings is 1. The van der Waals surface area contributed by atoms with Crippen LogP contribution in [0.3, 0.4) is 0 Å². The first kappa shape index (κ1) is 22.7. The monoisotopic (exact) mass is 444 g/mol. The van der Waals surface area contributed by atoms with E-state index in [9.17, 15) is 9.59 Å². The maximum Gasteiger partial charge on any atom is 0.193 e. The van der Waals surface area contributed by atoms with E-state index in [-0.39, 0.29) is 18.2 Å². The molecule has 0 unspecified atom stereocenters. The first-order valence-corrected chi connectivity index (χ1v) is 11.6. The summed E-state index contributed by atoms with van der Waals surface area (Å²) in [5, 5.41) is 1.06. The third-order valence-corrected chi connectivity index (χ3v) is 5.61. The van der Waals surface area contributed by atoms with Gasteiger partial charge in [0.2, 0.25) is 0 Å². The number of carbonyl (C=O) groups is 1. The van der Waals surface area contributed by atoms with Crippen LogP contribution in [0.2, 0.25) is 0 Å². The Morgan fingerprint density at radius 3 is 2.82 bits per heavy atom. The zero-order valence-electron chi connectivity index (χ0n) is 19.6. The molecule has 5 heteroatoms. The largest absolute Gasteiger partial charge is 0.453 e. The molecule has 0 bridgehead atoms. The molecule has 2 aliphatic heterocycles. The predicted molar refractivity (Wildman–Crippen MR) is 137 cm³/mol. The highest BCUT2D eigenvalue weighted by Crippen LogP contribution is 2.40. The second-order valence-corrected chi connectivity index (χ2v) is 9.10. The highest BCUT2D eigenvalue weighted by atomic mass is 16.3. The van der Waals surface area contributed by atoms with Crippen LogP contribution in [-0.2, 0) is 13.0 Å². The molecule has 2 aromatic heterocycles. The molecule has 3 aromatic rings. The molecule has 5 rings (SSSR count). The van der Waals surface area contributed by atoms with Gasteiger partial charge in [-0.25, -0.2) is 0 Å². The number of rotatable bonds is 3. The molecule has 33 heavy (non-hydrogen) atoms. The van der Waals surface area contributed by atoms with E-state index < -0.39 is 0 Å². The van der Waals surface area contributed by atoms with E-state index >= 15 is 0 Å². The van der Waals surface area contributed by atoms with Gasteiger partial charge in [-0.1, -0.05) is 45.6 Å². The minimum absolute atomic E-state index is 0. The van der Waals surface area contributed by atoms with Crippen molar-refractivity contribution in [3.8, 4) is 11.5 Å². The number of hydrogen-bond acceptors (Lipinski definition) is 4. The van der Waals surface area contributed by atoms with Gasteiger partial charge >= 0.3 is 0 Å². The van der Waals surface area contributed by atoms with Gasteiger partial charge in [0.15, 0.2) is 17.0 Å². The Hall–Kier alpha value is -3.47. The first-order valence-electron chi connectivity index (χ1n) is 11.6. The predicted octanol–water partition coefficient (Wildman–Crippen LogP) is 6.69. The lowest BCUT2D eigenvalue weighted by molar-refractivity contribution is 0.104. The van der Waals surface area contributed by atoms with E-state index in [1.54, 1.807) is 6.20 Å². The molecule has 4 heterocycles. The summed E-state index contributed by atoms with van der Waals surface area (Å²) in [6, 6.07) is 7.62. The summed E-state index contributed by atoms with van der Waals surface area (Å²) in [5.41, 5.74) is 4.34. The molecular weight excluding hydrogens is 412 g/mol. The molecule has 2 aliphatic rings. The topological polar surface area (TPSA) is 64.6 Å². The fourth-order valence-electron chi connectivity index (χ4n) is 4.15. The summed E-state index contributed by atoms with van der Waals surface area (Å²) in [6.07, 6.45) is 10.8. The van der Waals surface area contributed by atoms with Crippen molar-refractivity contribution in [3.63, 3.8) is 0 Å². The molecule has 0 aliphatic carbocycles. The highest BCUT2D eigenvalue weighted by molar-refractivity contribution is 6.04. The number of para-hydroxylation sites is 1. The molecule has 0 spiro atoms. The third-order valence-electron chi connectivity index (χ3n) is 5.61. The number of aliphatic imine (C=N–C) groups is 1. The Morgan fingerprint density at radius 2 is 2.06 bits per heavy atom. The lowest BCUT2D eigenvalue weighted by Gasteiger charge is -2.18. The normalized spacial score (nSPS) is 14.6. The standard InChI is InChI=1S/C24H20N2O3.C4H10.H2/c1-2-21(27)18-14-26-12-10-16-15-7-6-8-17(19-9-4-3-5-11-25-19)23(15)29-24(16)20(26)13-22(18)28;1-4(2)3;/h2,6-9,11,13-14H,1,3-5,10,12H2;4H,1-3H3;1H. The second kappa shape index (κ2) is 9.57. The van der Waals surface area contributed by atoms with E-state index in [1.165, 1.54) is 12.1 Å². The molecule has 0 radical (unpaired) electrons. The summed E-state index contributed by atoms with van der Waals surface area (Å²) in [7, 11) is 0. The van der Waals surface area contributed by atoms with Gasteiger partial charge in [0.05, 0.1) is 17.0 Å². The first-order chi connectivity index (χ1) is 15.9. The SMILES string of the molecule is C=CC(=O)c1cn2c(cc1=O)-c1oc3c(C4=CCCCC=N4)cccc3c1CC2.CC(C)C.[HH]. The Morgan fingerprint density at radius 1 is 1.27 bits per heavy atom. The minimum Gasteiger partial charge on any atom is -0.453 e. The number of ketones is 1. The number of furan rings is 1. The van der Waals surface area contributed by atoms with Gasteiger partial charge in [0.25, 0.3) is 0 Å². The van der Waals surface area contributed by atoms with Crippen molar-refractivity contribution in [2.24, 2.45) is 10.9 Å². The fraction of sp³-hybridized carbons (Fsp3) is 0.321. The Bertz CT molecular complexity index is 1340. The van der Waals surface area contributed by atoms with Crippen molar-refractivity contribution in [1.29, 1.82) is 0 Å². The fourth-order valence-corrected chi connectivity index (χ4v) is 4.15. The number of fused-ring (bicyclic) bond motifs is 5. The van der Waals surface area contributed by atoms with Crippen LogP contribution in [0.15, 0.2) is 63.4 Å². The van der Waals surface area contributed by atoms with Crippen LogP contribution in [0.1, 0.15) is 62.9 Å². The number of carbonyl (C=O) groups excluding carboxylic acids is 1. The Kier molecular flexibility index (Phi) is 6.59. The molecular formula is C28H32N2O3. The van der Waals surface area contributed by atoms with Gasteiger partial charge in [-0.15, -0.1) is 0 Å². The van der Waals surface area contributed by atoms with Gasteiger partial charge in [-0.3, -0.25) is 14.6 Å². The van der Waals surface area contributed by atoms with Gasteiger partial charge < -0.3 is 8.98 Å². The van der Waals surface area contributed by atoms with Crippen molar-refractivity contribution < 1.29 is 10.6 Å². The highest BCUT2D eigenvalue weighted by Gasteiger charge is 2.26. The molecule has 0 amide bonds. The quantitative estimate of drug-likeness (QED) is 0.334. The van der Waals surface area contributed by atoms with E-state index in [4.69, 9.17) is 4.42 Å². The lowest BCUT2D eigenvalue weighted by Crippen LogP contribution is -2.20. The van der Waals surface area contributed by atoms with Gasteiger partial charge in [-0.2, -0.15) is 0 Å². The molecule has 1 aromatic carbocycles. The number of hydrogen-bond donors (Lipinski definition) is 0. The van der Waals surface area contributed by atoms with Crippen LogP contribution < -0.4 is 5.43 Å². The van der Waals surface area contributed by atoms with Crippen molar-refractivity contribution in [2.45, 2.75) is 53.0 Å². The van der Waals surface area contributed by atoms with Crippen LogP contribution in [0.5, 0.6) is 0 Å². The van der Waals surface area contributed by atoms with Crippen molar-refractivity contribution >= 4 is 28.7 Å². The van der Waals surface area contributed by atoms with E-state index in [1.807, 2.05) is 22.9 Å². The smallest absolute Gasteiger partial charge is 0.193 e. The molecule has 172 valence electrons. The zero-order chi connectivity index (χ0) is 23.5. The average molecular weight is 445 g/mol. The average Bonchev–Trinajstić information content (AvgIpc) is 2.97. The maximum absolute atomic E-state index is 12.5. The van der Waals surface area contributed by atoms with Crippen LogP contribution in [0, 0.1) is 5.92 Å². The summed E-state index contributed by atoms with van der Waals surface area (Å²) in [4.78, 5) is 29.1. The summed E-state index contributed by atoms with van der Waals surface area (Å²) >= 11 is 0. The van der Waals surface area contributed by atoms with Crippen LogP contribution in [0.4, 0.5) is 0 Å². The Balaban J connectivity index is 0.000000603. The lowest BCUT2D eigenvalue weighted by atomic mass is 9.99. The molecule has 0 atom stereocenters. The molecule has 0 N–H and O–H groups in total. The van der Waals surface area contributed by atoms with Gasteiger partial charge in [0, 0.05) is 43.0 Å². The van der Waals surface area contributed by atoms with Crippen molar-refractivity contribution in [2.75, 3.05) is 0 Å². The maximum atomic E-state index is 12.5. The summed E-state index contributed by atoms with van der Waals surface area (Å²) in [6.45, 7) is 10.7. The minimum atomic E-state index is -0.360. The van der Waals surface area contributed by atoms with Gasteiger partial charge in [-0.05, 0) is 43.7 Å². The van der Waals surface area contributed by atoms with E-state index in [0.717, 1.165) is 59.4 Å². The summed E-state index contributed by atoms with van der Waals surface area (Å²) in [5.74, 6) is 1.17. The van der Waals surface area contributed by atoms with Crippen molar-refractivity contribution in [3.05, 3.63) is 76.1 Å². The van der Waals surface area contributed by atoms with Crippen LogP contribution >= 0.6 is 0 Å². The number of nitrogens with zero attached hydrogens (tertiary/aromatic N) is 2. The number of allylic oxidation sites excluding steroid dienone is 2. The molecule has 0 saturated carbocycles. The number of pyridine rings is 1. The van der Waals surface area contributed by atoms with E-state index in [2.05, 4.69) is 44.5 Å². The number of aromatic nitrogens is 1. The van der Waals surface area contributed by atoms with Crippen LogP contribution in [-0.4, -0.2) is 16.6 Å². The molecule has 0 saturated heterocycles. The third kappa shape index (κ3) is 4.54. The van der Waals surface area contributed by atoms with Crippen molar-refractivity contribution in [1.82, 2.24) is 4.57 Å². The van der Waals surface area contributed by atoms with Crippen LogP contribution in [0.25, 0.3) is 28.1 Å².